The molecular formula is C22H30N2O4. The fourth-order valence-electron chi connectivity index (χ4n) is 3.60. The molecule has 1 amide bonds. The first-order valence-electron chi connectivity index (χ1n) is 9.91. The number of hydrogen-bond donors (Lipinski definition) is 1. The van der Waals surface area contributed by atoms with Gasteiger partial charge in [0.2, 0.25) is 0 Å². The second-order valence-electron chi connectivity index (χ2n) is 7.95. The number of methoxy groups -OCH3 is 1. The van der Waals surface area contributed by atoms with Crippen molar-refractivity contribution in [2.24, 2.45) is 5.92 Å². The Hall–Kier alpha value is -2.23. The summed E-state index contributed by atoms with van der Waals surface area (Å²) in [6, 6.07) is 7.55. The van der Waals surface area contributed by atoms with E-state index in [0.717, 1.165) is 43.8 Å². The molecule has 6 nitrogen and oxygen atoms in total. The molecule has 3 fully saturated rings. The predicted octanol–water partition coefficient (Wildman–Crippen LogP) is 2.66. The Bertz CT molecular complexity index is 712. The number of fused-ring (bicyclic) bond motifs is 3. The van der Waals surface area contributed by atoms with Crippen LogP contribution in [-0.4, -0.2) is 62.6 Å². The Morgan fingerprint density at radius 1 is 1.21 bits per heavy atom. The highest BCUT2D eigenvalue weighted by atomic mass is 16.6. The molecule has 3 saturated heterocycles. The van der Waals surface area contributed by atoms with Gasteiger partial charge in [-0.15, -0.1) is 0 Å². The summed E-state index contributed by atoms with van der Waals surface area (Å²) in [5.74, 6) is 7.50. The maximum absolute atomic E-state index is 12.3. The van der Waals surface area contributed by atoms with Gasteiger partial charge in [0.05, 0.1) is 12.1 Å². The van der Waals surface area contributed by atoms with Crippen LogP contribution < -0.4 is 10.1 Å². The molecule has 0 radical (unpaired) electrons. The molecule has 6 heteroatoms. The Balaban J connectivity index is 1.50. The van der Waals surface area contributed by atoms with E-state index < -0.39 is 5.54 Å². The van der Waals surface area contributed by atoms with Crippen LogP contribution in [0.2, 0.25) is 0 Å². The fourth-order valence-corrected chi connectivity index (χ4v) is 3.60. The van der Waals surface area contributed by atoms with Gasteiger partial charge in [-0.05, 0) is 70.0 Å². The number of amides is 1. The van der Waals surface area contributed by atoms with Crippen LogP contribution in [0.15, 0.2) is 24.3 Å². The second kappa shape index (κ2) is 9.31. The van der Waals surface area contributed by atoms with Crippen LogP contribution in [0.3, 0.4) is 0 Å². The van der Waals surface area contributed by atoms with Gasteiger partial charge in [-0.1, -0.05) is 11.8 Å². The number of carbonyl (C=O) groups is 1. The molecule has 1 aromatic carbocycles. The molecule has 152 valence electrons. The second-order valence-corrected chi connectivity index (χ2v) is 7.95. The molecule has 2 bridgehead atoms. The highest BCUT2D eigenvalue weighted by Crippen LogP contribution is 2.29. The maximum atomic E-state index is 12.3. The SMILES string of the molecule is COCCOc1ccc(C#CC(C)(C)NC(=O)OC2CN3CCC2CC3)cc1. The van der Waals surface area contributed by atoms with E-state index in [1.54, 1.807) is 7.11 Å². The van der Waals surface area contributed by atoms with Gasteiger partial charge in [0.15, 0.2) is 0 Å². The summed E-state index contributed by atoms with van der Waals surface area (Å²) in [5, 5.41) is 2.89. The normalized spacial score (nSPS) is 23.5. The van der Waals surface area contributed by atoms with Crippen molar-refractivity contribution in [3.05, 3.63) is 29.8 Å². The summed E-state index contributed by atoms with van der Waals surface area (Å²) in [5.41, 5.74) is 0.179. The number of carbonyl (C=O) groups excluding carboxylic acids is 1. The van der Waals surface area contributed by atoms with Gasteiger partial charge in [0.25, 0.3) is 0 Å². The number of alkyl carbamates (subject to hydrolysis) is 1. The first kappa shape index (κ1) is 20.5. The van der Waals surface area contributed by atoms with Gasteiger partial charge in [0.1, 0.15) is 18.5 Å². The van der Waals surface area contributed by atoms with Crippen LogP contribution in [0.4, 0.5) is 4.79 Å². The molecule has 28 heavy (non-hydrogen) atoms. The van der Waals surface area contributed by atoms with Crippen LogP contribution >= 0.6 is 0 Å². The van der Waals surface area contributed by atoms with Crippen LogP contribution in [-0.2, 0) is 9.47 Å². The van der Waals surface area contributed by atoms with Gasteiger partial charge >= 0.3 is 6.09 Å². The molecule has 1 aromatic rings. The van der Waals surface area contributed by atoms with E-state index in [1.807, 2.05) is 38.1 Å². The minimum atomic E-state index is -0.682. The lowest BCUT2D eigenvalue weighted by molar-refractivity contribution is -0.0342. The maximum Gasteiger partial charge on any atom is 0.408 e. The number of nitrogens with zero attached hydrogens (tertiary/aromatic N) is 1. The van der Waals surface area contributed by atoms with Crippen molar-refractivity contribution in [1.82, 2.24) is 10.2 Å². The number of piperidine rings is 3. The number of nitrogens with one attached hydrogen (secondary N) is 1. The van der Waals surface area contributed by atoms with Crippen molar-refractivity contribution < 1.29 is 19.0 Å². The highest BCUT2D eigenvalue weighted by molar-refractivity contribution is 5.69. The Kier molecular flexibility index (Phi) is 6.82. The van der Waals surface area contributed by atoms with E-state index in [2.05, 4.69) is 22.1 Å². The Labute approximate surface area is 167 Å². The number of hydrogen-bond acceptors (Lipinski definition) is 5. The molecule has 4 rings (SSSR count). The zero-order valence-electron chi connectivity index (χ0n) is 17.0. The zero-order chi connectivity index (χ0) is 20.0. The van der Waals surface area contributed by atoms with E-state index in [9.17, 15) is 4.79 Å². The molecule has 1 atom stereocenters. The first-order chi connectivity index (χ1) is 13.4. The number of rotatable bonds is 6. The Morgan fingerprint density at radius 3 is 2.54 bits per heavy atom. The molecule has 0 aromatic heterocycles. The average Bonchev–Trinajstić information content (AvgIpc) is 2.68. The molecule has 0 spiro atoms. The summed E-state index contributed by atoms with van der Waals surface area (Å²) in [6.07, 6.45) is 1.84. The third-order valence-electron chi connectivity index (χ3n) is 5.20. The van der Waals surface area contributed by atoms with E-state index in [1.165, 1.54) is 0 Å². The third kappa shape index (κ3) is 5.88. The van der Waals surface area contributed by atoms with Crippen molar-refractivity contribution in [3.8, 4) is 17.6 Å². The van der Waals surface area contributed by atoms with Crippen LogP contribution in [0.1, 0.15) is 32.3 Å². The quantitative estimate of drug-likeness (QED) is 0.602. The monoisotopic (exact) mass is 386 g/mol. The molecule has 3 heterocycles. The van der Waals surface area contributed by atoms with Gasteiger partial charge in [0, 0.05) is 19.2 Å². The third-order valence-corrected chi connectivity index (χ3v) is 5.20. The van der Waals surface area contributed by atoms with E-state index in [0.29, 0.717) is 19.1 Å². The highest BCUT2D eigenvalue weighted by Gasteiger charge is 2.37. The lowest BCUT2D eigenvalue weighted by Crippen LogP contribution is -2.53. The van der Waals surface area contributed by atoms with Crippen LogP contribution in [0.25, 0.3) is 0 Å². The molecule has 0 aliphatic carbocycles. The van der Waals surface area contributed by atoms with Crippen molar-refractivity contribution in [2.45, 2.75) is 38.3 Å². The standard InChI is InChI=1S/C22H30N2O4/c1-22(2,11-8-17-4-6-19(7-5-17)27-15-14-26-3)23-21(25)28-20-16-24-12-9-18(20)10-13-24/h4-7,18,20H,9-10,12-16H2,1-3H3,(H,23,25). The molecule has 0 saturated carbocycles. The zero-order valence-corrected chi connectivity index (χ0v) is 17.0. The van der Waals surface area contributed by atoms with Crippen molar-refractivity contribution in [3.63, 3.8) is 0 Å². The van der Waals surface area contributed by atoms with Gasteiger partial charge in [-0.25, -0.2) is 4.79 Å². The summed E-state index contributed by atoms with van der Waals surface area (Å²) in [4.78, 5) is 14.7. The molecule has 3 aliphatic heterocycles. The molecule has 1 unspecified atom stereocenters. The minimum absolute atomic E-state index is 0.00286. The van der Waals surface area contributed by atoms with E-state index in [4.69, 9.17) is 14.2 Å². The molecular weight excluding hydrogens is 356 g/mol. The van der Waals surface area contributed by atoms with Crippen molar-refractivity contribution in [2.75, 3.05) is 40.0 Å². The average molecular weight is 386 g/mol. The first-order valence-corrected chi connectivity index (χ1v) is 9.91. The molecule has 3 aliphatic rings. The summed E-state index contributed by atoms with van der Waals surface area (Å²) < 4.78 is 16.2. The summed E-state index contributed by atoms with van der Waals surface area (Å²) in [6.45, 7) is 7.92. The van der Waals surface area contributed by atoms with Crippen LogP contribution in [0, 0.1) is 17.8 Å². The number of benzene rings is 1. The van der Waals surface area contributed by atoms with Crippen molar-refractivity contribution in [1.29, 1.82) is 0 Å². The summed E-state index contributed by atoms with van der Waals surface area (Å²) >= 11 is 0. The number of ether oxygens (including phenoxy) is 3. The minimum Gasteiger partial charge on any atom is -0.491 e. The smallest absolute Gasteiger partial charge is 0.408 e. The van der Waals surface area contributed by atoms with Gasteiger partial charge in [-0.2, -0.15) is 0 Å². The lowest BCUT2D eigenvalue weighted by Gasteiger charge is -2.44. The topological polar surface area (TPSA) is 60.0 Å². The van der Waals surface area contributed by atoms with E-state index >= 15 is 0 Å². The Morgan fingerprint density at radius 2 is 1.93 bits per heavy atom. The van der Waals surface area contributed by atoms with Gasteiger partial charge in [-0.3, -0.25) is 4.90 Å². The van der Waals surface area contributed by atoms with Gasteiger partial charge < -0.3 is 19.5 Å². The molecule has 1 N–H and O–H groups in total. The largest absolute Gasteiger partial charge is 0.491 e. The predicted molar refractivity (Wildman–Crippen MR) is 107 cm³/mol. The lowest BCUT2D eigenvalue weighted by atomic mass is 9.86. The van der Waals surface area contributed by atoms with Crippen molar-refractivity contribution >= 4 is 6.09 Å². The fraction of sp³-hybridized carbons (Fsp3) is 0.591. The summed E-state index contributed by atoms with van der Waals surface area (Å²) in [7, 11) is 1.64. The van der Waals surface area contributed by atoms with E-state index in [-0.39, 0.29) is 12.2 Å². The van der Waals surface area contributed by atoms with Crippen LogP contribution in [0.5, 0.6) is 5.75 Å².